The van der Waals surface area contributed by atoms with Crippen LogP contribution in [-0.2, 0) is 0 Å². The second kappa shape index (κ2) is 6.28. The summed E-state index contributed by atoms with van der Waals surface area (Å²) < 4.78 is 0. The highest BCUT2D eigenvalue weighted by Crippen LogP contribution is 2.77. The van der Waals surface area contributed by atoms with Gasteiger partial charge in [0.15, 0.2) is 0 Å². The second-order valence-electron chi connectivity index (χ2n) is 14.3. The van der Waals surface area contributed by atoms with Crippen LogP contribution in [0.4, 0.5) is 0 Å². The Morgan fingerprint density at radius 2 is 1.21 bits per heavy atom. The maximum Gasteiger partial charge on any atom is -0.0235 e. The van der Waals surface area contributed by atoms with Crippen LogP contribution in [0.1, 0.15) is 126 Å². The highest BCUT2D eigenvalue weighted by atomic mass is 14.7. The Morgan fingerprint density at radius 3 is 1.86 bits per heavy atom. The van der Waals surface area contributed by atoms with Crippen LogP contribution in [0.15, 0.2) is 0 Å². The monoisotopic (exact) mass is 398 g/mol. The van der Waals surface area contributed by atoms with E-state index in [1.165, 1.54) is 64.2 Å². The first-order valence-electron chi connectivity index (χ1n) is 13.5. The molecule has 0 heterocycles. The smallest absolute Gasteiger partial charge is 0.0235 e. The summed E-state index contributed by atoms with van der Waals surface area (Å²) >= 11 is 0. The van der Waals surface area contributed by atoms with E-state index in [0.29, 0.717) is 27.1 Å². The van der Waals surface area contributed by atoms with Gasteiger partial charge in [-0.1, -0.05) is 61.3 Å². The van der Waals surface area contributed by atoms with Crippen molar-refractivity contribution in [3.05, 3.63) is 0 Å². The number of rotatable bonds is 1. The molecule has 7 unspecified atom stereocenters. The van der Waals surface area contributed by atoms with Gasteiger partial charge in [-0.25, -0.2) is 0 Å². The van der Waals surface area contributed by atoms with Gasteiger partial charge in [0, 0.05) is 0 Å². The summed E-state index contributed by atoms with van der Waals surface area (Å²) in [5.74, 6) is 4.99. The Bertz CT molecular complexity index is 661. The fraction of sp³-hybridized carbons (Fsp3) is 1.00. The van der Waals surface area contributed by atoms with Gasteiger partial charge in [0.05, 0.1) is 0 Å². The predicted octanol–water partition coefficient (Wildman–Crippen LogP) is 8.89. The molecule has 0 saturated heterocycles. The van der Waals surface area contributed by atoms with E-state index in [2.05, 4.69) is 48.5 Å². The minimum absolute atomic E-state index is 0.565. The number of hydrogen-bond donors (Lipinski definition) is 0. The molecule has 0 spiro atoms. The molecular weight excluding hydrogens is 348 g/mol. The van der Waals surface area contributed by atoms with E-state index in [1.54, 1.807) is 12.8 Å². The molecule has 0 radical (unpaired) electrons. The van der Waals surface area contributed by atoms with Gasteiger partial charge >= 0.3 is 0 Å². The van der Waals surface area contributed by atoms with Crippen LogP contribution in [0.5, 0.6) is 0 Å². The standard InChI is InChI=1S/C29H50/c1-8-20-12-17-26(4)21(20)13-18-28(6)23(26)10-11-24-27(5)16-9-15-25(2,3)22(27)14-19-29(24,28)7/h20-24H,8-19H2,1-7H3/t20-,21?,22?,23?,24?,26-,27?,28?,29?/m0/s1. The Labute approximate surface area is 182 Å². The zero-order chi connectivity index (χ0) is 20.9. The van der Waals surface area contributed by atoms with E-state index in [-0.39, 0.29) is 0 Å². The lowest BCUT2D eigenvalue weighted by Gasteiger charge is -2.73. The average molecular weight is 399 g/mol. The fourth-order valence-corrected chi connectivity index (χ4v) is 11.9. The number of hydrogen-bond acceptors (Lipinski definition) is 0. The van der Waals surface area contributed by atoms with Gasteiger partial charge < -0.3 is 0 Å². The Hall–Kier alpha value is 0. The molecule has 5 rings (SSSR count). The van der Waals surface area contributed by atoms with Gasteiger partial charge in [-0.3, -0.25) is 0 Å². The molecule has 0 heteroatoms. The minimum atomic E-state index is 0.565. The zero-order valence-electron chi connectivity index (χ0n) is 20.9. The van der Waals surface area contributed by atoms with Crippen molar-refractivity contribution >= 4 is 0 Å². The third kappa shape index (κ3) is 2.44. The zero-order valence-corrected chi connectivity index (χ0v) is 20.9. The summed E-state index contributed by atoms with van der Waals surface area (Å²) in [6, 6.07) is 0. The first-order chi connectivity index (χ1) is 13.5. The van der Waals surface area contributed by atoms with E-state index >= 15 is 0 Å². The predicted molar refractivity (Wildman–Crippen MR) is 125 cm³/mol. The lowest BCUT2D eigenvalue weighted by atomic mass is 9.32. The van der Waals surface area contributed by atoms with Crippen molar-refractivity contribution in [1.29, 1.82) is 0 Å². The summed E-state index contributed by atoms with van der Waals surface area (Å²) in [6.45, 7) is 18.8. The molecule has 29 heavy (non-hydrogen) atoms. The highest BCUT2D eigenvalue weighted by molar-refractivity contribution is 5.18. The van der Waals surface area contributed by atoms with E-state index in [1.807, 2.05) is 0 Å². The molecule has 0 aliphatic heterocycles. The maximum absolute atomic E-state index is 2.81. The number of fused-ring (bicyclic) bond motifs is 7. The normalized spacial score (nSPS) is 58.7. The van der Waals surface area contributed by atoms with Gasteiger partial charge in [-0.15, -0.1) is 0 Å². The minimum Gasteiger partial charge on any atom is -0.0651 e. The van der Waals surface area contributed by atoms with Crippen LogP contribution in [0.25, 0.3) is 0 Å². The third-order valence-electron chi connectivity index (χ3n) is 13.4. The molecule has 166 valence electrons. The van der Waals surface area contributed by atoms with Crippen LogP contribution in [0, 0.1) is 56.7 Å². The third-order valence-corrected chi connectivity index (χ3v) is 13.4. The maximum atomic E-state index is 2.81. The molecule has 9 atom stereocenters. The van der Waals surface area contributed by atoms with Gasteiger partial charge in [0.2, 0.25) is 0 Å². The summed E-state index contributed by atoms with van der Waals surface area (Å²) in [7, 11) is 0. The van der Waals surface area contributed by atoms with Crippen LogP contribution in [0.2, 0.25) is 0 Å². The van der Waals surface area contributed by atoms with E-state index in [9.17, 15) is 0 Å². The van der Waals surface area contributed by atoms with Crippen molar-refractivity contribution in [2.75, 3.05) is 0 Å². The molecule has 0 bridgehead atoms. The topological polar surface area (TPSA) is 0 Å². The highest BCUT2D eigenvalue weighted by Gasteiger charge is 2.69. The molecule has 5 fully saturated rings. The summed E-state index contributed by atoms with van der Waals surface area (Å²) in [6.07, 6.45) is 18.1. The first kappa shape index (κ1) is 20.9. The largest absolute Gasteiger partial charge is 0.0651 e. The lowest BCUT2D eigenvalue weighted by Crippen LogP contribution is -2.65. The van der Waals surface area contributed by atoms with Crippen molar-refractivity contribution in [3.8, 4) is 0 Å². The van der Waals surface area contributed by atoms with Gasteiger partial charge in [0.1, 0.15) is 0 Å². The van der Waals surface area contributed by atoms with Crippen LogP contribution in [0.3, 0.4) is 0 Å². The lowest BCUT2D eigenvalue weighted by molar-refractivity contribution is -0.241. The molecule has 0 N–H and O–H groups in total. The first-order valence-corrected chi connectivity index (χ1v) is 13.5. The quantitative estimate of drug-likeness (QED) is 0.413. The van der Waals surface area contributed by atoms with Crippen LogP contribution < -0.4 is 0 Å². The molecular formula is C29H50. The molecule has 5 saturated carbocycles. The molecule has 0 aromatic carbocycles. The Balaban J connectivity index is 1.53. The van der Waals surface area contributed by atoms with Gasteiger partial charge in [-0.2, -0.15) is 0 Å². The average Bonchev–Trinajstić information content (AvgIpc) is 2.98. The van der Waals surface area contributed by atoms with Crippen molar-refractivity contribution in [3.63, 3.8) is 0 Å². The van der Waals surface area contributed by atoms with Crippen molar-refractivity contribution < 1.29 is 0 Å². The molecule has 0 aromatic rings. The Morgan fingerprint density at radius 1 is 0.586 bits per heavy atom. The van der Waals surface area contributed by atoms with Crippen molar-refractivity contribution in [2.24, 2.45) is 56.7 Å². The van der Waals surface area contributed by atoms with Gasteiger partial charge in [0.25, 0.3) is 0 Å². The molecule has 5 aliphatic carbocycles. The molecule has 0 nitrogen and oxygen atoms in total. The van der Waals surface area contributed by atoms with Crippen molar-refractivity contribution in [2.45, 2.75) is 126 Å². The summed E-state index contributed by atoms with van der Waals surface area (Å²) in [4.78, 5) is 0. The SMILES string of the molecule is CC[C@H]1CC[C@@]2(C)C1CCC1(C)C2CCC2C3(C)CCCC(C)(C)C3CCC21C. The molecule has 0 amide bonds. The van der Waals surface area contributed by atoms with Crippen LogP contribution >= 0.6 is 0 Å². The van der Waals surface area contributed by atoms with Crippen LogP contribution in [-0.4, -0.2) is 0 Å². The van der Waals surface area contributed by atoms with E-state index < -0.39 is 0 Å². The Kier molecular flexibility index (Phi) is 4.52. The molecule has 0 aromatic heterocycles. The summed E-state index contributed by atoms with van der Waals surface area (Å²) in [5, 5.41) is 0. The van der Waals surface area contributed by atoms with Gasteiger partial charge in [-0.05, 0) is 121 Å². The van der Waals surface area contributed by atoms with E-state index in [0.717, 1.165) is 29.6 Å². The molecule has 5 aliphatic rings. The van der Waals surface area contributed by atoms with Crippen molar-refractivity contribution in [1.82, 2.24) is 0 Å². The fourth-order valence-electron chi connectivity index (χ4n) is 11.9. The van der Waals surface area contributed by atoms with E-state index in [4.69, 9.17) is 0 Å². The second-order valence-corrected chi connectivity index (χ2v) is 14.3. The summed E-state index contributed by atoms with van der Waals surface area (Å²) in [5.41, 5.74) is 2.97.